The van der Waals surface area contributed by atoms with Crippen LogP contribution in [0.25, 0.3) is 0 Å². The van der Waals surface area contributed by atoms with Crippen molar-refractivity contribution < 1.29 is 9.50 Å². The average molecular weight is 205 g/mol. The number of hydrogen-bond donors (Lipinski definition) is 3. The number of rotatable bonds is 2. The number of halogens is 2. The zero-order chi connectivity index (χ0) is 10.0. The van der Waals surface area contributed by atoms with E-state index in [-0.39, 0.29) is 22.9 Å². The highest BCUT2D eigenvalue weighted by atomic mass is 35.5. The molecule has 0 heterocycles. The molecule has 0 fully saturated rings. The quantitative estimate of drug-likeness (QED) is 0.631. The molecule has 1 aromatic rings. The minimum absolute atomic E-state index is 0.160. The van der Waals surface area contributed by atoms with E-state index in [9.17, 15) is 4.39 Å². The van der Waals surface area contributed by atoms with E-state index in [0.29, 0.717) is 0 Å². The summed E-state index contributed by atoms with van der Waals surface area (Å²) in [5, 5.41) is 8.94. The Morgan fingerprint density at radius 2 is 2.15 bits per heavy atom. The molecular formula is C8H10ClFN2O. The molecule has 0 aromatic heterocycles. The standard InChI is InChI=1S/C8H10ClFN2O/c9-5-1-4(8(12)3-13)6(10)2-7(5)11/h1-2,8,13H,3,11-12H2/t8-/m0/s1. The Hall–Kier alpha value is -0.840. The summed E-state index contributed by atoms with van der Waals surface area (Å²) >= 11 is 5.66. The fourth-order valence-electron chi connectivity index (χ4n) is 0.960. The average Bonchev–Trinajstić information content (AvgIpc) is 2.10. The molecule has 0 spiro atoms. The molecule has 0 aliphatic heterocycles. The second-order valence-corrected chi connectivity index (χ2v) is 3.09. The smallest absolute Gasteiger partial charge is 0.130 e. The van der Waals surface area contributed by atoms with Crippen molar-refractivity contribution in [3.63, 3.8) is 0 Å². The topological polar surface area (TPSA) is 72.3 Å². The first-order valence-corrected chi connectivity index (χ1v) is 4.05. The number of benzene rings is 1. The molecule has 0 saturated carbocycles. The zero-order valence-corrected chi connectivity index (χ0v) is 7.55. The van der Waals surface area contributed by atoms with E-state index in [1.807, 2.05) is 0 Å². The lowest BCUT2D eigenvalue weighted by Crippen LogP contribution is -2.16. The Morgan fingerprint density at radius 1 is 1.54 bits per heavy atom. The summed E-state index contributed by atoms with van der Waals surface area (Å²) < 4.78 is 13.1. The van der Waals surface area contributed by atoms with Crippen LogP contribution < -0.4 is 11.5 Å². The van der Waals surface area contributed by atoms with Crippen molar-refractivity contribution in [2.45, 2.75) is 6.04 Å². The molecule has 72 valence electrons. The van der Waals surface area contributed by atoms with E-state index in [4.69, 9.17) is 28.2 Å². The summed E-state index contributed by atoms with van der Waals surface area (Å²) in [6.07, 6.45) is 0. The summed E-state index contributed by atoms with van der Waals surface area (Å²) in [5.41, 5.74) is 11.1. The summed E-state index contributed by atoms with van der Waals surface area (Å²) in [6, 6.07) is 1.65. The molecule has 1 atom stereocenters. The van der Waals surface area contributed by atoms with Crippen molar-refractivity contribution in [3.05, 3.63) is 28.5 Å². The van der Waals surface area contributed by atoms with Gasteiger partial charge in [-0.3, -0.25) is 0 Å². The molecule has 0 unspecified atom stereocenters. The normalized spacial score (nSPS) is 12.9. The molecule has 0 radical (unpaired) electrons. The molecule has 5 N–H and O–H groups in total. The first kappa shape index (κ1) is 10.2. The van der Waals surface area contributed by atoms with Gasteiger partial charge in [-0.05, 0) is 12.1 Å². The van der Waals surface area contributed by atoms with Gasteiger partial charge in [0.25, 0.3) is 0 Å². The van der Waals surface area contributed by atoms with Crippen LogP contribution >= 0.6 is 11.6 Å². The van der Waals surface area contributed by atoms with Gasteiger partial charge in [0.05, 0.1) is 23.4 Å². The molecule has 3 nitrogen and oxygen atoms in total. The van der Waals surface area contributed by atoms with Gasteiger partial charge in [-0.15, -0.1) is 0 Å². The van der Waals surface area contributed by atoms with Gasteiger partial charge in [0, 0.05) is 5.56 Å². The molecule has 0 saturated heterocycles. The van der Waals surface area contributed by atoms with Crippen LogP contribution in [0.15, 0.2) is 12.1 Å². The molecule has 0 aliphatic rings. The molecule has 1 aromatic carbocycles. The largest absolute Gasteiger partial charge is 0.397 e. The number of nitrogens with two attached hydrogens (primary N) is 2. The number of aliphatic hydroxyl groups is 1. The third-order valence-electron chi connectivity index (χ3n) is 1.71. The minimum atomic E-state index is -0.766. The minimum Gasteiger partial charge on any atom is -0.397 e. The van der Waals surface area contributed by atoms with Crippen molar-refractivity contribution in [1.82, 2.24) is 0 Å². The lowest BCUT2D eigenvalue weighted by atomic mass is 10.1. The summed E-state index contributed by atoms with van der Waals surface area (Å²) in [5.74, 6) is -0.552. The summed E-state index contributed by atoms with van der Waals surface area (Å²) in [4.78, 5) is 0. The van der Waals surface area contributed by atoms with Crippen LogP contribution in [0.3, 0.4) is 0 Å². The molecule has 0 amide bonds. The third kappa shape index (κ3) is 2.09. The van der Waals surface area contributed by atoms with Gasteiger partial charge in [0.1, 0.15) is 5.82 Å². The number of hydrogen-bond acceptors (Lipinski definition) is 3. The molecule has 1 rings (SSSR count). The van der Waals surface area contributed by atoms with E-state index in [0.717, 1.165) is 6.07 Å². The molecule has 13 heavy (non-hydrogen) atoms. The van der Waals surface area contributed by atoms with Gasteiger partial charge in [-0.25, -0.2) is 4.39 Å². The second-order valence-electron chi connectivity index (χ2n) is 2.68. The molecular weight excluding hydrogens is 195 g/mol. The highest BCUT2D eigenvalue weighted by molar-refractivity contribution is 6.33. The fraction of sp³-hybridized carbons (Fsp3) is 0.250. The Morgan fingerprint density at radius 3 is 2.69 bits per heavy atom. The van der Waals surface area contributed by atoms with Crippen LogP contribution in [0.5, 0.6) is 0 Å². The molecule has 0 bridgehead atoms. The third-order valence-corrected chi connectivity index (χ3v) is 2.04. The van der Waals surface area contributed by atoms with Crippen LogP contribution in [0, 0.1) is 5.82 Å². The molecule has 5 heteroatoms. The van der Waals surface area contributed by atoms with Crippen molar-refractivity contribution >= 4 is 17.3 Å². The SMILES string of the molecule is Nc1cc(F)c([C@@H](N)CO)cc1Cl. The maximum atomic E-state index is 13.1. The zero-order valence-electron chi connectivity index (χ0n) is 6.80. The van der Waals surface area contributed by atoms with E-state index >= 15 is 0 Å². The van der Waals surface area contributed by atoms with Gasteiger partial charge < -0.3 is 16.6 Å². The van der Waals surface area contributed by atoms with Crippen molar-refractivity contribution in [2.75, 3.05) is 12.3 Å². The first-order valence-electron chi connectivity index (χ1n) is 3.67. The van der Waals surface area contributed by atoms with Crippen molar-refractivity contribution in [2.24, 2.45) is 5.73 Å². The van der Waals surface area contributed by atoms with Crippen LogP contribution in [-0.4, -0.2) is 11.7 Å². The Bertz CT molecular complexity index is 319. The van der Waals surface area contributed by atoms with E-state index < -0.39 is 11.9 Å². The number of aliphatic hydroxyl groups excluding tert-OH is 1. The predicted octanol–water partition coefficient (Wildman–Crippen LogP) is 1.05. The number of anilines is 1. The predicted molar refractivity (Wildman–Crippen MR) is 49.8 cm³/mol. The van der Waals surface area contributed by atoms with Gasteiger partial charge in [-0.2, -0.15) is 0 Å². The summed E-state index contributed by atoms with van der Waals surface area (Å²) in [7, 11) is 0. The van der Waals surface area contributed by atoms with Crippen LogP contribution in [0.2, 0.25) is 5.02 Å². The van der Waals surface area contributed by atoms with Crippen LogP contribution in [-0.2, 0) is 0 Å². The second kappa shape index (κ2) is 3.91. The maximum Gasteiger partial charge on any atom is 0.130 e. The van der Waals surface area contributed by atoms with E-state index in [1.54, 1.807) is 0 Å². The van der Waals surface area contributed by atoms with Crippen molar-refractivity contribution in [3.8, 4) is 0 Å². The van der Waals surface area contributed by atoms with Gasteiger partial charge >= 0.3 is 0 Å². The Labute approximate surface area is 80.1 Å². The number of nitrogen functional groups attached to an aromatic ring is 1. The van der Waals surface area contributed by atoms with Gasteiger partial charge in [0.2, 0.25) is 0 Å². The van der Waals surface area contributed by atoms with Gasteiger partial charge in [-0.1, -0.05) is 11.6 Å². The van der Waals surface area contributed by atoms with Crippen molar-refractivity contribution in [1.29, 1.82) is 0 Å². The van der Waals surface area contributed by atoms with Gasteiger partial charge in [0.15, 0.2) is 0 Å². The fourth-order valence-corrected chi connectivity index (χ4v) is 1.13. The Kier molecular flexibility index (Phi) is 3.08. The monoisotopic (exact) mass is 204 g/mol. The first-order chi connectivity index (χ1) is 6.06. The Balaban J connectivity index is 3.15. The van der Waals surface area contributed by atoms with E-state index in [2.05, 4.69) is 0 Å². The lowest BCUT2D eigenvalue weighted by molar-refractivity contribution is 0.265. The van der Waals surface area contributed by atoms with Crippen LogP contribution in [0.1, 0.15) is 11.6 Å². The molecule has 0 aliphatic carbocycles. The van der Waals surface area contributed by atoms with E-state index in [1.165, 1.54) is 6.07 Å². The highest BCUT2D eigenvalue weighted by Gasteiger charge is 2.12. The summed E-state index contributed by atoms with van der Waals surface area (Å²) in [6.45, 7) is -0.336. The highest BCUT2D eigenvalue weighted by Crippen LogP contribution is 2.25. The van der Waals surface area contributed by atoms with Crippen LogP contribution in [0.4, 0.5) is 10.1 Å². The lowest BCUT2D eigenvalue weighted by Gasteiger charge is -2.10. The maximum absolute atomic E-state index is 13.1.